The Balaban J connectivity index is 1.44. The number of carbonyl (C=O) groups is 1. The largest absolute Gasteiger partial charge is 0.507 e. The van der Waals surface area contributed by atoms with Crippen LogP contribution in [0.15, 0.2) is 65.4 Å². The number of nitrogens with zero attached hydrogens (tertiary/aromatic N) is 4. The highest BCUT2D eigenvalue weighted by atomic mass is 35.5. The minimum atomic E-state index is -0.265. The third-order valence-corrected chi connectivity index (χ3v) is 7.14. The molecule has 1 fully saturated rings. The van der Waals surface area contributed by atoms with Crippen LogP contribution in [0.4, 0.5) is 0 Å². The zero-order valence-electron chi connectivity index (χ0n) is 19.4. The van der Waals surface area contributed by atoms with E-state index in [1.807, 2.05) is 36.4 Å². The zero-order chi connectivity index (χ0) is 24.6. The van der Waals surface area contributed by atoms with Gasteiger partial charge in [0.15, 0.2) is 11.0 Å². The molecule has 1 saturated carbocycles. The van der Waals surface area contributed by atoms with Crippen LogP contribution >= 0.6 is 23.4 Å². The maximum Gasteiger partial charge on any atom is 0.250 e. The highest BCUT2D eigenvalue weighted by Crippen LogP contribution is 2.35. The van der Waals surface area contributed by atoms with E-state index in [2.05, 4.69) is 31.9 Å². The van der Waals surface area contributed by atoms with Gasteiger partial charge in [-0.25, -0.2) is 5.43 Å². The lowest BCUT2D eigenvalue weighted by Crippen LogP contribution is -2.20. The van der Waals surface area contributed by atoms with E-state index in [1.165, 1.54) is 37.2 Å². The van der Waals surface area contributed by atoms with Crippen LogP contribution in [-0.2, 0) is 11.2 Å². The summed E-state index contributed by atoms with van der Waals surface area (Å²) >= 11 is 7.41. The number of benzene rings is 2. The van der Waals surface area contributed by atoms with E-state index in [-0.39, 0.29) is 17.4 Å². The van der Waals surface area contributed by atoms with Crippen LogP contribution in [0.3, 0.4) is 0 Å². The molecule has 7 nitrogen and oxygen atoms in total. The molecule has 1 aromatic heterocycles. The molecule has 0 bridgehead atoms. The number of halogens is 1. The first-order valence-electron chi connectivity index (χ1n) is 11.6. The number of hydrazone groups is 1. The van der Waals surface area contributed by atoms with E-state index < -0.39 is 0 Å². The van der Waals surface area contributed by atoms with Crippen LogP contribution in [0.5, 0.6) is 5.75 Å². The number of allylic oxidation sites excluding steroid dienone is 1. The molecule has 0 saturated heterocycles. The highest BCUT2D eigenvalue weighted by molar-refractivity contribution is 7.99. The number of nitrogens with one attached hydrogen (secondary N) is 1. The Morgan fingerprint density at radius 3 is 2.71 bits per heavy atom. The molecule has 1 heterocycles. The van der Waals surface area contributed by atoms with Crippen molar-refractivity contribution in [2.24, 2.45) is 5.10 Å². The fourth-order valence-corrected chi connectivity index (χ4v) is 5.14. The van der Waals surface area contributed by atoms with E-state index in [1.54, 1.807) is 12.1 Å². The number of hydrogen-bond acceptors (Lipinski definition) is 6. The number of carbonyl (C=O) groups excluding carboxylic acids is 1. The Bertz CT molecular complexity index is 1200. The normalized spacial score (nSPS) is 14.3. The maximum atomic E-state index is 12.5. The molecule has 1 amide bonds. The second kappa shape index (κ2) is 12.0. The van der Waals surface area contributed by atoms with Gasteiger partial charge in [0.2, 0.25) is 0 Å². The highest BCUT2D eigenvalue weighted by Gasteiger charge is 2.24. The Kier molecular flexibility index (Phi) is 8.60. The lowest BCUT2D eigenvalue weighted by molar-refractivity contribution is -0.118. The lowest BCUT2D eigenvalue weighted by atomic mass is 9.95. The van der Waals surface area contributed by atoms with Crippen LogP contribution in [0.1, 0.15) is 49.3 Å². The minimum absolute atomic E-state index is 0.134. The zero-order valence-corrected chi connectivity index (χ0v) is 20.9. The van der Waals surface area contributed by atoms with Gasteiger partial charge in [0, 0.05) is 22.2 Å². The Morgan fingerprint density at radius 1 is 1.20 bits per heavy atom. The molecule has 4 rings (SSSR count). The quantitative estimate of drug-likeness (QED) is 0.165. The van der Waals surface area contributed by atoms with E-state index in [4.69, 9.17) is 11.6 Å². The number of phenolic OH excluding ortho intramolecular Hbond substituents is 1. The molecule has 0 aliphatic heterocycles. The molecule has 0 atom stereocenters. The molecule has 1 aliphatic carbocycles. The number of aromatic nitrogens is 3. The van der Waals surface area contributed by atoms with Crippen molar-refractivity contribution in [2.75, 3.05) is 5.75 Å². The number of hydrogen-bond donors (Lipinski definition) is 2. The van der Waals surface area contributed by atoms with Crippen molar-refractivity contribution in [2.45, 2.75) is 49.7 Å². The summed E-state index contributed by atoms with van der Waals surface area (Å²) in [4.78, 5) is 12.5. The van der Waals surface area contributed by atoms with Gasteiger partial charge in [0.25, 0.3) is 5.91 Å². The predicted molar refractivity (Wildman–Crippen MR) is 141 cm³/mol. The molecule has 2 aromatic carbocycles. The molecule has 182 valence electrons. The van der Waals surface area contributed by atoms with Crippen molar-refractivity contribution < 1.29 is 9.90 Å². The summed E-state index contributed by atoms with van der Waals surface area (Å²) in [6.07, 6.45) is 9.42. The fraction of sp³-hybridized carbons (Fsp3) is 0.308. The van der Waals surface area contributed by atoms with Crippen molar-refractivity contribution in [1.29, 1.82) is 0 Å². The smallest absolute Gasteiger partial charge is 0.250 e. The third-order valence-electron chi connectivity index (χ3n) is 5.95. The summed E-state index contributed by atoms with van der Waals surface area (Å²) in [5.41, 5.74) is 4.76. The van der Waals surface area contributed by atoms with Gasteiger partial charge in [-0.05, 0) is 55.2 Å². The Hall–Kier alpha value is -3.10. The van der Waals surface area contributed by atoms with Crippen molar-refractivity contribution in [3.8, 4) is 17.1 Å². The van der Waals surface area contributed by atoms with E-state index in [0.717, 1.165) is 34.9 Å². The van der Waals surface area contributed by atoms with Crippen LogP contribution < -0.4 is 5.43 Å². The predicted octanol–water partition coefficient (Wildman–Crippen LogP) is 5.78. The molecule has 3 aromatic rings. The van der Waals surface area contributed by atoms with Gasteiger partial charge in [-0.2, -0.15) is 5.10 Å². The molecule has 2 N–H and O–H groups in total. The molecular weight excluding hydrogens is 482 g/mol. The first-order chi connectivity index (χ1) is 17.1. The van der Waals surface area contributed by atoms with Gasteiger partial charge in [-0.15, -0.1) is 16.8 Å². The summed E-state index contributed by atoms with van der Waals surface area (Å²) in [6, 6.07) is 13.3. The Morgan fingerprint density at radius 2 is 1.97 bits per heavy atom. The number of thioether (sulfide) groups is 1. The first-order valence-corrected chi connectivity index (χ1v) is 13.0. The third kappa shape index (κ3) is 6.32. The van der Waals surface area contributed by atoms with Gasteiger partial charge in [0.05, 0.1) is 12.0 Å². The van der Waals surface area contributed by atoms with Gasteiger partial charge >= 0.3 is 0 Å². The van der Waals surface area contributed by atoms with Crippen molar-refractivity contribution in [3.05, 3.63) is 71.3 Å². The van der Waals surface area contributed by atoms with Crippen LogP contribution in [0, 0.1) is 0 Å². The van der Waals surface area contributed by atoms with Gasteiger partial charge < -0.3 is 5.11 Å². The van der Waals surface area contributed by atoms with E-state index in [0.29, 0.717) is 23.0 Å². The topological polar surface area (TPSA) is 92.4 Å². The molecule has 1 aliphatic rings. The summed E-state index contributed by atoms with van der Waals surface area (Å²) in [5, 5.41) is 24.6. The van der Waals surface area contributed by atoms with Crippen molar-refractivity contribution in [1.82, 2.24) is 20.2 Å². The van der Waals surface area contributed by atoms with E-state index in [9.17, 15) is 9.90 Å². The SMILES string of the molecule is C=CCc1cccc(/C=N/NC(=O)CSc2nnc(-c3ccc(Cl)cc3)n2C2CCCCC2)c1O. The fourth-order valence-electron chi connectivity index (χ4n) is 4.21. The molecule has 0 spiro atoms. The van der Waals surface area contributed by atoms with Crippen molar-refractivity contribution in [3.63, 3.8) is 0 Å². The van der Waals surface area contributed by atoms with Crippen molar-refractivity contribution >= 4 is 35.5 Å². The second-order valence-electron chi connectivity index (χ2n) is 8.40. The Labute approximate surface area is 214 Å². The number of phenols is 1. The lowest BCUT2D eigenvalue weighted by Gasteiger charge is -2.25. The number of rotatable bonds is 9. The van der Waals surface area contributed by atoms with Gasteiger partial charge in [-0.3, -0.25) is 9.36 Å². The maximum absolute atomic E-state index is 12.5. The monoisotopic (exact) mass is 509 g/mol. The molecule has 0 unspecified atom stereocenters. The summed E-state index contributed by atoms with van der Waals surface area (Å²) in [6.45, 7) is 3.69. The van der Waals surface area contributed by atoms with Crippen LogP contribution in [0.2, 0.25) is 5.02 Å². The number of aromatic hydroxyl groups is 1. The first kappa shape index (κ1) is 25.0. The summed E-state index contributed by atoms with van der Waals surface area (Å²) in [7, 11) is 0. The number of amides is 1. The second-order valence-corrected chi connectivity index (χ2v) is 9.78. The average molecular weight is 510 g/mol. The molecular formula is C26H28ClN5O2S. The minimum Gasteiger partial charge on any atom is -0.507 e. The summed E-state index contributed by atoms with van der Waals surface area (Å²) in [5.74, 6) is 0.810. The van der Waals surface area contributed by atoms with Crippen LogP contribution in [-0.4, -0.2) is 37.7 Å². The summed E-state index contributed by atoms with van der Waals surface area (Å²) < 4.78 is 2.17. The standard InChI is InChI=1S/C26H28ClN5O2S/c1-2-7-18-8-6-9-20(24(18)34)16-28-29-23(33)17-35-26-31-30-25(19-12-14-21(27)15-13-19)32(26)22-10-4-3-5-11-22/h2,6,8-9,12-16,22,34H,1,3-5,7,10-11,17H2,(H,29,33)/b28-16+. The average Bonchev–Trinajstić information content (AvgIpc) is 3.30. The number of para-hydroxylation sites is 1. The molecule has 9 heteroatoms. The van der Waals surface area contributed by atoms with Gasteiger partial charge in [0.1, 0.15) is 5.75 Å². The molecule has 35 heavy (non-hydrogen) atoms. The van der Waals surface area contributed by atoms with Gasteiger partial charge in [-0.1, -0.05) is 60.8 Å². The molecule has 0 radical (unpaired) electrons. The van der Waals surface area contributed by atoms with Crippen LogP contribution in [0.25, 0.3) is 11.4 Å². The van der Waals surface area contributed by atoms with E-state index >= 15 is 0 Å².